The Morgan fingerprint density at radius 1 is 1.62 bits per heavy atom. The molecule has 0 aliphatic carbocycles. The molecule has 1 aromatic heterocycles. The van der Waals surface area contributed by atoms with Crippen LogP contribution in [-0.2, 0) is 6.42 Å². The van der Waals surface area contributed by atoms with Gasteiger partial charge in [0, 0.05) is 6.54 Å². The van der Waals surface area contributed by atoms with Crippen LogP contribution in [-0.4, -0.2) is 30.8 Å². The van der Waals surface area contributed by atoms with Crippen molar-refractivity contribution in [3.05, 3.63) is 20.3 Å². The average Bonchev–Trinajstić information content (AvgIpc) is 2.38. The number of carbonyl (C=O) groups is 1. The Morgan fingerprint density at radius 2 is 2.38 bits per heavy atom. The Hall–Kier alpha value is -0.190. The fourth-order valence-electron chi connectivity index (χ4n) is 1.52. The van der Waals surface area contributed by atoms with Crippen LogP contribution in [0, 0.1) is 0 Å². The van der Waals surface area contributed by atoms with Crippen LogP contribution in [0.2, 0.25) is 0 Å². The first-order valence-electron chi connectivity index (χ1n) is 4.17. The maximum absolute atomic E-state index is 11.7. The lowest BCUT2D eigenvalue weighted by Crippen LogP contribution is -2.24. The van der Waals surface area contributed by atoms with Crippen molar-refractivity contribution < 1.29 is 4.79 Å². The van der Waals surface area contributed by atoms with Gasteiger partial charge < -0.3 is 0 Å². The summed E-state index contributed by atoms with van der Waals surface area (Å²) in [7, 11) is 1.99. The zero-order valence-corrected chi connectivity index (χ0v) is 9.74. The molecule has 0 bridgehead atoms. The normalized spacial score (nSPS) is 18.5. The van der Waals surface area contributed by atoms with Crippen molar-refractivity contribution in [2.24, 2.45) is 0 Å². The van der Waals surface area contributed by atoms with Gasteiger partial charge in [-0.05, 0) is 41.0 Å². The molecule has 0 amide bonds. The number of halogens is 1. The summed E-state index contributed by atoms with van der Waals surface area (Å²) in [6, 6.07) is 2.07. The molecule has 1 aliphatic rings. The molecular formula is C9H10BrNOS. The first-order valence-corrected chi connectivity index (χ1v) is 5.77. The van der Waals surface area contributed by atoms with Crippen molar-refractivity contribution in [1.82, 2.24) is 4.90 Å². The van der Waals surface area contributed by atoms with E-state index in [0.717, 1.165) is 21.6 Å². The summed E-state index contributed by atoms with van der Waals surface area (Å²) in [5.41, 5.74) is 1.20. The molecule has 2 rings (SSSR count). The molecule has 0 N–H and O–H groups in total. The fraction of sp³-hybridized carbons (Fsp3) is 0.444. The predicted molar refractivity (Wildman–Crippen MR) is 57.6 cm³/mol. The zero-order valence-electron chi connectivity index (χ0n) is 7.34. The quantitative estimate of drug-likeness (QED) is 0.712. The van der Waals surface area contributed by atoms with Gasteiger partial charge in [0.2, 0.25) is 0 Å². The second-order valence-corrected chi connectivity index (χ2v) is 5.75. The Labute approximate surface area is 89.7 Å². The molecule has 0 aromatic carbocycles. The number of Topliss-reactive ketones (excluding diaryl/α,β-unsaturated/α-hetero) is 1. The van der Waals surface area contributed by atoms with E-state index in [0.29, 0.717) is 6.54 Å². The van der Waals surface area contributed by atoms with E-state index < -0.39 is 0 Å². The van der Waals surface area contributed by atoms with Gasteiger partial charge in [-0.3, -0.25) is 9.69 Å². The largest absolute Gasteiger partial charge is 0.299 e. The van der Waals surface area contributed by atoms with E-state index in [-0.39, 0.29) is 5.78 Å². The van der Waals surface area contributed by atoms with Crippen molar-refractivity contribution in [2.45, 2.75) is 6.42 Å². The van der Waals surface area contributed by atoms with E-state index in [9.17, 15) is 4.79 Å². The van der Waals surface area contributed by atoms with Crippen molar-refractivity contribution >= 4 is 33.0 Å². The molecule has 2 nitrogen and oxygen atoms in total. The number of rotatable bonds is 0. The minimum Gasteiger partial charge on any atom is -0.299 e. The molecule has 13 heavy (non-hydrogen) atoms. The molecule has 0 atom stereocenters. The van der Waals surface area contributed by atoms with E-state index in [2.05, 4.69) is 26.9 Å². The highest BCUT2D eigenvalue weighted by Gasteiger charge is 2.20. The number of hydrogen-bond donors (Lipinski definition) is 0. The molecule has 1 aromatic rings. The van der Waals surface area contributed by atoms with Gasteiger partial charge in [-0.25, -0.2) is 0 Å². The van der Waals surface area contributed by atoms with Crippen LogP contribution in [0.5, 0.6) is 0 Å². The Bertz CT molecular complexity index is 347. The van der Waals surface area contributed by atoms with Crippen LogP contribution in [0.1, 0.15) is 15.2 Å². The van der Waals surface area contributed by atoms with Crippen molar-refractivity contribution in [1.29, 1.82) is 0 Å². The summed E-state index contributed by atoms with van der Waals surface area (Å²) in [6.07, 6.45) is 0.986. The van der Waals surface area contributed by atoms with Gasteiger partial charge in [0.15, 0.2) is 5.78 Å². The monoisotopic (exact) mass is 259 g/mol. The second-order valence-electron chi connectivity index (χ2n) is 3.32. The third-order valence-electron chi connectivity index (χ3n) is 2.21. The second kappa shape index (κ2) is 3.52. The SMILES string of the molecule is CN1CCc2cc(Br)sc2C(=O)C1. The maximum atomic E-state index is 11.7. The van der Waals surface area contributed by atoms with Crippen molar-refractivity contribution in [3.63, 3.8) is 0 Å². The highest BCUT2D eigenvalue weighted by molar-refractivity contribution is 9.11. The van der Waals surface area contributed by atoms with Crippen molar-refractivity contribution in [2.75, 3.05) is 20.1 Å². The number of thiophene rings is 1. The van der Waals surface area contributed by atoms with Crippen molar-refractivity contribution in [3.8, 4) is 0 Å². The average molecular weight is 260 g/mol. The Kier molecular flexibility index (Phi) is 2.53. The molecule has 70 valence electrons. The molecular weight excluding hydrogens is 250 g/mol. The van der Waals surface area contributed by atoms with Gasteiger partial charge >= 0.3 is 0 Å². The summed E-state index contributed by atoms with van der Waals surface area (Å²) in [5, 5.41) is 0. The van der Waals surface area contributed by atoms with Crippen LogP contribution in [0.3, 0.4) is 0 Å². The minimum absolute atomic E-state index is 0.255. The molecule has 0 radical (unpaired) electrons. The number of likely N-dealkylation sites (N-methyl/N-ethyl adjacent to an activating group) is 1. The number of fused-ring (bicyclic) bond motifs is 1. The topological polar surface area (TPSA) is 20.3 Å². The van der Waals surface area contributed by atoms with Gasteiger partial charge in [0.25, 0.3) is 0 Å². The van der Waals surface area contributed by atoms with Crippen LogP contribution in [0.25, 0.3) is 0 Å². The highest BCUT2D eigenvalue weighted by Crippen LogP contribution is 2.29. The molecule has 4 heteroatoms. The van der Waals surface area contributed by atoms with Gasteiger partial charge in [-0.2, -0.15) is 0 Å². The summed E-state index contributed by atoms with van der Waals surface area (Å²) in [4.78, 5) is 14.7. The van der Waals surface area contributed by atoms with Crippen LogP contribution in [0.15, 0.2) is 9.85 Å². The molecule has 0 saturated carbocycles. The van der Waals surface area contributed by atoms with Crippen LogP contribution < -0.4 is 0 Å². The maximum Gasteiger partial charge on any atom is 0.187 e. The van der Waals surface area contributed by atoms with Gasteiger partial charge in [-0.15, -0.1) is 11.3 Å². The van der Waals surface area contributed by atoms with Gasteiger partial charge in [-0.1, -0.05) is 0 Å². The van der Waals surface area contributed by atoms with E-state index in [1.807, 2.05) is 7.05 Å². The van der Waals surface area contributed by atoms with Gasteiger partial charge in [0.05, 0.1) is 15.2 Å². The minimum atomic E-state index is 0.255. The molecule has 0 fully saturated rings. The van der Waals surface area contributed by atoms with E-state index in [4.69, 9.17) is 0 Å². The first kappa shape index (κ1) is 9.37. The van der Waals surface area contributed by atoms with E-state index >= 15 is 0 Å². The fourth-order valence-corrected chi connectivity index (χ4v) is 3.15. The molecule has 0 unspecified atom stereocenters. The number of ketones is 1. The summed E-state index contributed by atoms with van der Waals surface area (Å²) in [5.74, 6) is 0.255. The smallest absolute Gasteiger partial charge is 0.187 e. The molecule has 0 spiro atoms. The number of nitrogens with zero attached hydrogens (tertiary/aromatic N) is 1. The summed E-state index contributed by atoms with van der Waals surface area (Å²) in [6.45, 7) is 1.53. The number of carbonyl (C=O) groups excluding carboxylic acids is 1. The van der Waals surface area contributed by atoms with E-state index in [1.165, 1.54) is 5.56 Å². The van der Waals surface area contributed by atoms with Crippen LogP contribution in [0.4, 0.5) is 0 Å². The zero-order chi connectivity index (χ0) is 9.42. The third kappa shape index (κ3) is 1.85. The summed E-state index contributed by atoms with van der Waals surface area (Å²) >= 11 is 4.97. The lowest BCUT2D eigenvalue weighted by Gasteiger charge is -2.10. The van der Waals surface area contributed by atoms with Crippen LogP contribution >= 0.6 is 27.3 Å². The Balaban J connectivity index is 2.39. The molecule has 2 heterocycles. The number of hydrogen-bond acceptors (Lipinski definition) is 3. The molecule has 0 saturated heterocycles. The highest BCUT2D eigenvalue weighted by atomic mass is 79.9. The predicted octanol–water partition coefficient (Wildman–Crippen LogP) is 2.18. The third-order valence-corrected chi connectivity index (χ3v) is 3.93. The lowest BCUT2D eigenvalue weighted by atomic mass is 10.2. The van der Waals surface area contributed by atoms with E-state index in [1.54, 1.807) is 11.3 Å². The molecule has 1 aliphatic heterocycles. The Morgan fingerprint density at radius 3 is 3.15 bits per heavy atom. The lowest BCUT2D eigenvalue weighted by molar-refractivity contribution is 0.0957. The first-order chi connectivity index (χ1) is 6.16. The van der Waals surface area contributed by atoms with Gasteiger partial charge in [0.1, 0.15) is 0 Å². The summed E-state index contributed by atoms with van der Waals surface area (Å²) < 4.78 is 1.07. The standard InChI is InChI=1S/C9H10BrNOS/c1-11-3-2-6-4-8(10)13-9(6)7(12)5-11/h4H,2-3,5H2,1H3.